The minimum atomic E-state index is -0.197. The highest BCUT2D eigenvalue weighted by atomic mass is 32.2. The molecule has 2 aromatic rings. The van der Waals surface area contributed by atoms with Crippen LogP contribution in [-0.4, -0.2) is 39.9 Å². The Labute approximate surface area is 140 Å². The summed E-state index contributed by atoms with van der Waals surface area (Å²) in [4.78, 5) is 31.9. The van der Waals surface area contributed by atoms with E-state index in [1.54, 1.807) is 16.2 Å². The van der Waals surface area contributed by atoms with Crippen LogP contribution in [0, 0.1) is 0 Å². The molecule has 0 aromatic carbocycles. The first kappa shape index (κ1) is 15.5. The normalized spacial score (nSPS) is 14.6. The first-order valence-electron chi connectivity index (χ1n) is 6.92. The highest BCUT2D eigenvalue weighted by Crippen LogP contribution is 2.31. The molecular formula is C14H15N3O2S3. The Morgan fingerprint density at radius 3 is 3.00 bits per heavy atom. The summed E-state index contributed by atoms with van der Waals surface area (Å²) >= 11 is 4.38. The molecule has 8 heteroatoms. The van der Waals surface area contributed by atoms with Crippen molar-refractivity contribution >= 4 is 50.7 Å². The average Bonchev–Trinajstić information content (AvgIpc) is 3.20. The van der Waals surface area contributed by atoms with Gasteiger partial charge in [-0.2, -0.15) is 0 Å². The third kappa shape index (κ3) is 3.50. The Bertz CT molecular complexity index is 695. The van der Waals surface area contributed by atoms with Gasteiger partial charge >= 0.3 is 0 Å². The Morgan fingerprint density at radius 1 is 1.45 bits per heavy atom. The average molecular weight is 353 g/mol. The van der Waals surface area contributed by atoms with Gasteiger partial charge in [0.25, 0.3) is 5.24 Å². The van der Waals surface area contributed by atoms with Crippen LogP contribution in [0.3, 0.4) is 0 Å². The number of aromatic nitrogens is 1. The molecule has 0 aliphatic carbocycles. The van der Waals surface area contributed by atoms with E-state index in [1.165, 1.54) is 28.0 Å². The summed E-state index contributed by atoms with van der Waals surface area (Å²) in [5, 5.41) is 5.26. The quantitative estimate of drug-likeness (QED) is 0.893. The van der Waals surface area contributed by atoms with Crippen molar-refractivity contribution in [3.05, 3.63) is 22.4 Å². The van der Waals surface area contributed by atoms with Gasteiger partial charge in [0.15, 0.2) is 5.13 Å². The lowest BCUT2D eigenvalue weighted by molar-refractivity contribution is -0.116. The number of rotatable bonds is 5. The van der Waals surface area contributed by atoms with Crippen molar-refractivity contribution in [1.29, 1.82) is 0 Å². The topological polar surface area (TPSA) is 62.3 Å². The van der Waals surface area contributed by atoms with Crippen LogP contribution in [0.2, 0.25) is 0 Å². The summed E-state index contributed by atoms with van der Waals surface area (Å²) in [6.07, 6.45) is 1.01. The van der Waals surface area contributed by atoms with Gasteiger partial charge < -0.3 is 10.2 Å². The standard InChI is InChI=1S/C14H15N3O2S3/c1-2-9-3-4-11(22-9)10-8-21-13(15-10)16-12(18)7-17-5-6-20-14(17)19/h3-4,8H,2,5-7H2,1H3,(H,15,16,18). The Balaban J connectivity index is 1.61. The zero-order valence-electron chi connectivity index (χ0n) is 12.0. The molecule has 3 rings (SSSR count). The fourth-order valence-corrected chi connectivity index (χ4v) is 4.59. The van der Waals surface area contributed by atoms with Crippen LogP contribution in [0.1, 0.15) is 11.8 Å². The Hall–Kier alpha value is -1.38. The number of amides is 2. The van der Waals surface area contributed by atoms with Gasteiger partial charge in [-0.25, -0.2) is 4.98 Å². The molecule has 0 spiro atoms. The van der Waals surface area contributed by atoms with Crippen LogP contribution >= 0.6 is 34.4 Å². The molecule has 5 nitrogen and oxygen atoms in total. The molecule has 1 aliphatic rings. The van der Waals surface area contributed by atoms with Crippen LogP contribution in [0.15, 0.2) is 17.5 Å². The predicted molar refractivity (Wildman–Crippen MR) is 92.9 cm³/mol. The molecule has 3 heterocycles. The SMILES string of the molecule is CCc1ccc(-c2csc(NC(=O)CN3CCSC3=O)n2)s1. The number of hydrogen-bond acceptors (Lipinski definition) is 6. The van der Waals surface area contributed by atoms with Gasteiger partial charge in [-0.1, -0.05) is 18.7 Å². The number of thioether (sulfide) groups is 1. The number of carbonyl (C=O) groups is 2. The molecule has 0 saturated carbocycles. The van der Waals surface area contributed by atoms with E-state index in [2.05, 4.69) is 29.4 Å². The molecule has 1 aliphatic heterocycles. The molecule has 0 atom stereocenters. The summed E-state index contributed by atoms with van der Waals surface area (Å²) in [7, 11) is 0. The molecule has 22 heavy (non-hydrogen) atoms. The number of aryl methyl sites for hydroxylation is 1. The van der Waals surface area contributed by atoms with E-state index in [-0.39, 0.29) is 17.7 Å². The van der Waals surface area contributed by atoms with Gasteiger partial charge in [0.1, 0.15) is 6.54 Å². The third-order valence-corrected chi connectivity index (χ3v) is 6.09. The van der Waals surface area contributed by atoms with Gasteiger partial charge in [-0.3, -0.25) is 9.59 Å². The number of anilines is 1. The highest BCUT2D eigenvalue weighted by Gasteiger charge is 2.23. The van der Waals surface area contributed by atoms with Gasteiger partial charge in [0.05, 0.1) is 10.6 Å². The van der Waals surface area contributed by atoms with E-state index < -0.39 is 0 Å². The van der Waals surface area contributed by atoms with E-state index in [0.717, 1.165) is 22.7 Å². The Kier molecular flexibility index (Phi) is 4.80. The monoisotopic (exact) mass is 353 g/mol. The van der Waals surface area contributed by atoms with Gasteiger partial charge in [-0.05, 0) is 18.6 Å². The summed E-state index contributed by atoms with van der Waals surface area (Å²) in [6.45, 7) is 2.86. The first-order valence-corrected chi connectivity index (χ1v) is 9.60. The smallest absolute Gasteiger partial charge is 0.282 e. The summed E-state index contributed by atoms with van der Waals surface area (Å²) < 4.78 is 0. The lowest BCUT2D eigenvalue weighted by Gasteiger charge is -2.12. The van der Waals surface area contributed by atoms with Gasteiger partial charge in [0.2, 0.25) is 5.91 Å². The summed E-state index contributed by atoms with van der Waals surface area (Å²) in [5.41, 5.74) is 0.887. The number of carbonyl (C=O) groups excluding carboxylic acids is 2. The van der Waals surface area contributed by atoms with Crippen LogP contribution < -0.4 is 5.32 Å². The van der Waals surface area contributed by atoms with E-state index in [4.69, 9.17) is 0 Å². The summed E-state index contributed by atoms with van der Waals surface area (Å²) in [6, 6.07) is 4.17. The Morgan fingerprint density at radius 2 is 2.32 bits per heavy atom. The molecule has 2 amide bonds. The second-order valence-electron chi connectivity index (χ2n) is 4.74. The maximum Gasteiger partial charge on any atom is 0.282 e. The second-order valence-corrected chi connectivity index (χ2v) is 7.81. The largest absolute Gasteiger partial charge is 0.323 e. The van der Waals surface area contributed by atoms with E-state index in [1.807, 2.05) is 5.38 Å². The van der Waals surface area contributed by atoms with Crippen LogP contribution in [0.5, 0.6) is 0 Å². The van der Waals surface area contributed by atoms with E-state index >= 15 is 0 Å². The fourth-order valence-electron chi connectivity index (χ4n) is 2.05. The number of hydrogen-bond donors (Lipinski definition) is 1. The van der Waals surface area contributed by atoms with E-state index in [9.17, 15) is 9.59 Å². The third-order valence-electron chi connectivity index (χ3n) is 3.19. The van der Waals surface area contributed by atoms with Gasteiger partial charge in [-0.15, -0.1) is 22.7 Å². The lowest BCUT2D eigenvalue weighted by Crippen LogP contribution is -2.33. The number of nitrogens with one attached hydrogen (secondary N) is 1. The molecule has 1 saturated heterocycles. The van der Waals surface area contributed by atoms with Crippen LogP contribution in [-0.2, 0) is 11.2 Å². The summed E-state index contributed by atoms with van der Waals surface area (Å²) in [5.74, 6) is 0.559. The molecule has 1 fully saturated rings. The highest BCUT2D eigenvalue weighted by molar-refractivity contribution is 8.13. The van der Waals surface area contributed by atoms with Crippen molar-refractivity contribution in [3.8, 4) is 10.6 Å². The lowest BCUT2D eigenvalue weighted by atomic mass is 10.3. The molecule has 1 N–H and O–H groups in total. The van der Waals surface area contributed by atoms with Gasteiger partial charge in [0, 0.05) is 22.6 Å². The maximum absolute atomic E-state index is 12.0. The second kappa shape index (κ2) is 6.80. The number of thiophene rings is 1. The van der Waals surface area contributed by atoms with E-state index in [0.29, 0.717) is 11.7 Å². The molecule has 2 aromatic heterocycles. The van der Waals surface area contributed by atoms with Crippen molar-refractivity contribution in [1.82, 2.24) is 9.88 Å². The number of nitrogens with zero attached hydrogens (tertiary/aromatic N) is 2. The molecule has 0 radical (unpaired) electrons. The first-order chi connectivity index (χ1) is 10.7. The minimum Gasteiger partial charge on any atom is -0.323 e. The van der Waals surface area contributed by atoms with Crippen molar-refractivity contribution in [2.45, 2.75) is 13.3 Å². The van der Waals surface area contributed by atoms with Crippen molar-refractivity contribution in [2.75, 3.05) is 24.2 Å². The van der Waals surface area contributed by atoms with Crippen molar-refractivity contribution in [3.63, 3.8) is 0 Å². The zero-order chi connectivity index (χ0) is 15.5. The molecule has 116 valence electrons. The predicted octanol–water partition coefficient (Wildman–Crippen LogP) is 3.54. The molecule has 0 bridgehead atoms. The molecular weight excluding hydrogens is 338 g/mol. The number of thiazole rings is 1. The van der Waals surface area contributed by atoms with Crippen molar-refractivity contribution in [2.24, 2.45) is 0 Å². The maximum atomic E-state index is 12.0. The van der Waals surface area contributed by atoms with Crippen molar-refractivity contribution < 1.29 is 9.59 Å². The van der Waals surface area contributed by atoms with Crippen LogP contribution in [0.4, 0.5) is 9.93 Å². The fraction of sp³-hybridized carbons (Fsp3) is 0.357. The minimum absolute atomic E-state index is 0.0272. The molecule has 0 unspecified atom stereocenters. The van der Waals surface area contributed by atoms with Crippen LogP contribution in [0.25, 0.3) is 10.6 Å². The zero-order valence-corrected chi connectivity index (χ0v) is 14.4.